The predicted octanol–water partition coefficient (Wildman–Crippen LogP) is 8.08. The molecule has 0 radical (unpaired) electrons. The van der Waals surface area contributed by atoms with E-state index in [4.69, 9.17) is 9.47 Å². The van der Waals surface area contributed by atoms with Gasteiger partial charge in [0, 0.05) is 11.1 Å². The number of esters is 2. The van der Waals surface area contributed by atoms with E-state index in [0.717, 1.165) is 33.4 Å². The Labute approximate surface area is 224 Å². The first kappa shape index (κ1) is 26.6. The second-order valence-electron chi connectivity index (χ2n) is 9.70. The van der Waals surface area contributed by atoms with Crippen molar-refractivity contribution in [2.75, 3.05) is 0 Å². The van der Waals surface area contributed by atoms with Gasteiger partial charge in [0.2, 0.25) is 0 Å². The van der Waals surface area contributed by atoms with E-state index in [1.165, 1.54) is 0 Å². The Morgan fingerprint density at radius 2 is 0.737 bits per heavy atom. The molecule has 0 heterocycles. The van der Waals surface area contributed by atoms with Crippen molar-refractivity contribution < 1.29 is 19.1 Å². The minimum Gasteiger partial charge on any atom is -0.418 e. The molecule has 0 aliphatic rings. The van der Waals surface area contributed by atoms with E-state index in [0.29, 0.717) is 22.3 Å². The molecule has 0 amide bonds. The summed E-state index contributed by atoms with van der Waals surface area (Å²) in [6.07, 6.45) is 0. The molecule has 0 saturated carbocycles. The third-order valence-corrected chi connectivity index (χ3v) is 6.59. The minimum absolute atomic E-state index is 0.212. The highest BCUT2D eigenvalue weighted by Crippen LogP contribution is 2.36. The molecule has 4 rings (SSSR count). The van der Waals surface area contributed by atoms with Gasteiger partial charge < -0.3 is 9.47 Å². The average molecular weight is 505 g/mol. The summed E-state index contributed by atoms with van der Waals surface area (Å²) in [4.78, 5) is 26.9. The van der Waals surface area contributed by atoms with E-state index in [-0.39, 0.29) is 11.5 Å². The number of ether oxygens (including phenoxy) is 2. The summed E-state index contributed by atoms with van der Waals surface area (Å²) < 4.78 is 12.3. The molecule has 4 heteroatoms. The van der Waals surface area contributed by atoms with Crippen LogP contribution in [0, 0.1) is 41.5 Å². The van der Waals surface area contributed by atoms with Gasteiger partial charge in [0.1, 0.15) is 0 Å². The molecule has 0 spiro atoms. The van der Waals surface area contributed by atoms with E-state index >= 15 is 0 Å². The fourth-order valence-corrected chi connectivity index (χ4v) is 4.45. The lowest BCUT2D eigenvalue weighted by molar-refractivity contribution is 0.0646. The first-order chi connectivity index (χ1) is 18.2. The van der Waals surface area contributed by atoms with Crippen LogP contribution in [0.1, 0.15) is 65.2 Å². The molecule has 0 atom stereocenters. The van der Waals surface area contributed by atoms with Crippen LogP contribution in [0.4, 0.5) is 0 Å². The van der Waals surface area contributed by atoms with Gasteiger partial charge in [-0.05, 0) is 88.1 Å². The van der Waals surface area contributed by atoms with E-state index < -0.39 is 11.9 Å². The van der Waals surface area contributed by atoms with Gasteiger partial charge in [-0.25, -0.2) is 9.59 Å². The minimum atomic E-state index is -0.530. The summed E-state index contributed by atoms with van der Waals surface area (Å²) >= 11 is 0. The van der Waals surface area contributed by atoms with Crippen molar-refractivity contribution in [3.8, 4) is 0 Å². The molecule has 4 nitrogen and oxygen atoms in total. The molecule has 0 saturated heterocycles. The normalized spacial score (nSPS) is 11.5. The van der Waals surface area contributed by atoms with Crippen LogP contribution in [-0.2, 0) is 9.47 Å². The average Bonchev–Trinajstić information content (AvgIpc) is 2.88. The second kappa shape index (κ2) is 11.3. The smallest absolute Gasteiger partial charge is 0.343 e. The Morgan fingerprint density at radius 3 is 1.03 bits per heavy atom. The van der Waals surface area contributed by atoms with E-state index in [1.54, 1.807) is 24.3 Å². The maximum absolute atomic E-state index is 13.5. The summed E-state index contributed by atoms with van der Waals surface area (Å²) in [6.45, 7) is 11.7. The van der Waals surface area contributed by atoms with Crippen molar-refractivity contribution in [2.45, 2.75) is 41.5 Å². The standard InChI is InChI=1S/C34H32O4/c1-21-13-17-27(18-14-21)33(35)37-31(29-23(3)9-7-10-24(29)4)32(30-25(5)11-8-12-26(30)6)38-34(36)28-19-15-22(2)16-20-28/h7-20H,1-6H3/b32-31+. The zero-order chi connectivity index (χ0) is 27.4. The molecule has 0 aromatic heterocycles. The lowest BCUT2D eigenvalue weighted by Gasteiger charge is -2.21. The third-order valence-electron chi connectivity index (χ3n) is 6.59. The van der Waals surface area contributed by atoms with Gasteiger partial charge in [-0.2, -0.15) is 0 Å². The summed E-state index contributed by atoms with van der Waals surface area (Å²) in [7, 11) is 0. The number of aryl methyl sites for hydroxylation is 6. The fraction of sp³-hybridized carbons (Fsp3) is 0.176. The molecule has 4 aromatic carbocycles. The van der Waals surface area contributed by atoms with E-state index in [1.807, 2.05) is 102 Å². The molecule has 38 heavy (non-hydrogen) atoms. The molecule has 192 valence electrons. The Balaban J connectivity index is 1.97. The van der Waals surface area contributed by atoms with E-state index in [2.05, 4.69) is 0 Å². The SMILES string of the molecule is Cc1ccc(C(=O)O/C(=C(/OC(=O)c2ccc(C)cc2)c2c(C)cccc2C)c2c(C)cccc2C)cc1. The maximum atomic E-state index is 13.5. The summed E-state index contributed by atoms with van der Waals surface area (Å²) in [5, 5.41) is 0. The predicted molar refractivity (Wildman–Crippen MR) is 152 cm³/mol. The van der Waals surface area contributed by atoms with Gasteiger partial charge in [-0.1, -0.05) is 71.8 Å². The fourth-order valence-electron chi connectivity index (χ4n) is 4.45. The van der Waals surface area contributed by atoms with Crippen molar-refractivity contribution in [3.05, 3.63) is 141 Å². The first-order valence-corrected chi connectivity index (χ1v) is 12.6. The van der Waals surface area contributed by atoms with Gasteiger partial charge in [-0.15, -0.1) is 0 Å². The van der Waals surface area contributed by atoms with Crippen molar-refractivity contribution in [3.63, 3.8) is 0 Å². The maximum Gasteiger partial charge on any atom is 0.343 e. The van der Waals surface area contributed by atoms with Crippen LogP contribution >= 0.6 is 0 Å². The van der Waals surface area contributed by atoms with Gasteiger partial charge in [0.15, 0.2) is 11.5 Å². The number of rotatable bonds is 6. The highest BCUT2D eigenvalue weighted by molar-refractivity contribution is 6.02. The molecule has 0 unspecified atom stereocenters. The molecular formula is C34H32O4. The number of hydrogen-bond acceptors (Lipinski definition) is 4. The van der Waals surface area contributed by atoms with Crippen LogP contribution in [0.15, 0.2) is 84.9 Å². The van der Waals surface area contributed by atoms with Gasteiger partial charge >= 0.3 is 11.9 Å². The summed E-state index contributed by atoms with van der Waals surface area (Å²) in [5.74, 6) is -0.636. The van der Waals surface area contributed by atoms with Gasteiger partial charge in [0.05, 0.1) is 11.1 Å². The highest BCUT2D eigenvalue weighted by Gasteiger charge is 2.27. The van der Waals surface area contributed by atoms with Crippen molar-refractivity contribution in [1.82, 2.24) is 0 Å². The zero-order valence-corrected chi connectivity index (χ0v) is 22.7. The third kappa shape index (κ3) is 5.76. The first-order valence-electron chi connectivity index (χ1n) is 12.6. The Kier molecular flexibility index (Phi) is 7.92. The highest BCUT2D eigenvalue weighted by atomic mass is 16.6. The van der Waals surface area contributed by atoms with Crippen molar-refractivity contribution in [2.24, 2.45) is 0 Å². The van der Waals surface area contributed by atoms with Crippen LogP contribution in [-0.4, -0.2) is 11.9 Å². The van der Waals surface area contributed by atoms with Crippen LogP contribution < -0.4 is 0 Å². The monoisotopic (exact) mass is 504 g/mol. The zero-order valence-electron chi connectivity index (χ0n) is 22.7. The Bertz CT molecular complexity index is 1370. The summed E-state index contributed by atoms with van der Waals surface area (Å²) in [6, 6.07) is 26.1. The van der Waals surface area contributed by atoms with Crippen LogP contribution in [0.3, 0.4) is 0 Å². The molecule has 0 aliphatic carbocycles. The van der Waals surface area contributed by atoms with Crippen molar-refractivity contribution >= 4 is 23.5 Å². The second-order valence-corrected chi connectivity index (χ2v) is 9.70. The summed E-state index contributed by atoms with van der Waals surface area (Å²) in [5.41, 5.74) is 7.89. The topological polar surface area (TPSA) is 52.6 Å². The van der Waals surface area contributed by atoms with Crippen LogP contribution in [0.25, 0.3) is 11.5 Å². The Hall–Kier alpha value is -4.44. The number of carbonyl (C=O) groups excluding carboxylic acids is 2. The van der Waals surface area contributed by atoms with Gasteiger partial charge in [-0.3, -0.25) is 0 Å². The largest absolute Gasteiger partial charge is 0.418 e. The molecular weight excluding hydrogens is 472 g/mol. The lowest BCUT2D eigenvalue weighted by atomic mass is 9.95. The Morgan fingerprint density at radius 1 is 0.447 bits per heavy atom. The lowest BCUT2D eigenvalue weighted by Crippen LogP contribution is -2.13. The molecule has 4 aromatic rings. The van der Waals surface area contributed by atoms with E-state index in [9.17, 15) is 9.59 Å². The van der Waals surface area contributed by atoms with Gasteiger partial charge in [0.25, 0.3) is 0 Å². The molecule has 0 bridgehead atoms. The number of benzene rings is 4. The molecule has 0 fully saturated rings. The van der Waals surface area contributed by atoms with Crippen molar-refractivity contribution in [1.29, 1.82) is 0 Å². The number of carbonyl (C=O) groups is 2. The van der Waals surface area contributed by atoms with Crippen LogP contribution in [0.5, 0.6) is 0 Å². The number of hydrogen-bond donors (Lipinski definition) is 0. The van der Waals surface area contributed by atoms with Crippen LogP contribution in [0.2, 0.25) is 0 Å². The molecule has 0 aliphatic heterocycles. The quantitative estimate of drug-likeness (QED) is 0.151. The molecule has 0 N–H and O–H groups in total.